The van der Waals surface area contributed by atoms with Gasteiger partial charge in [-0.25, -0.2) is 0 Å². The molecule has 0 saturated heterocycles. The van der Waals surface area contributed by atoms with E-state index in [0.717, 1.165) is 25.7 Å². The molecule has 3 unspecified atom stereocenters. The molecule has 0 aliphatic heterocycles. The summed E-state index contributed by atoms with van der Waals surface area (Å²) in [5.74, 6) is 0.603. The summed E-state index contributed by atoms with van der Waals surface area (Å²) in [6.07, 6.45) is 3.81. The monoisotopic (exact) mass is 330 g/mol. The Hall–Kier alpha value is -1.07. The van der Waals surface area contributed by atoms with Crippen molar-refractivity contribution in [2.75, 3.05) is 11.5 Å². The Morgan fingerprint density at radius 1 is 1.43 bits per heavy atom. The average Bonchev–Trinajstić information content (AvgIpc) is 2.46. The Morgan fingerprint density at radius 3 is 2.86 bits per heavy atom. The minimum Gasteiger partial charge on any atom is -0.399 e. The van der Waals surface area contributed by atoms with Crippen LogP contribution in [0.25, 0.3) is 0 Å². The number of anilines is 1. The molecular formula is C15H23ClN2O2S. The van der Waals surface area contributed by atoms with Gasteiger partial charge in [0, 0.05) is 39.1 Å². The van der Waals surface area contributed by atoms with Crippen LogP contribution in [0.4, 0.5) is 5.69 Å². The highest BCUT2D eigenvalue weighted by atomic mass is 35.5. The predicted octanol–water partition coefficient (Wildman–Crippen LogP) is 2.50. The van der Waals surface area contributed by atoms with Gasteiger partial charge in [0.1, 0.15) is 0 Å². The molecule has 1 aliphatic rings. The first-order valence-corrected chi connectivity index (χ1v) is 8.52. The lowest BCUT2D eigenvalue weighted by Crippen LogP contribution is -2.41. The van der Waals surface area contributed by atoms with Crippen molar-refractivity contribution in [2.24, 2.45) is 0 Å². The van der Waals surface area contributed by atoms with Crippen molar-refractivity contribution in [3.05, 3.63) is 29.8 Å². The summed E-state index contributed by atoms with van der Waals surface area (Å²) < 4.78 is 11.9. The topological polar surface area (TPSA) is 72.2 Å². The number of carbonyl (C=O) groups is 1. The molecule has 1 aromatic carbocycles. The molecule has 21 heavy (non-hydrogen) atoms. The molecule has 6 heteroatoms. The molecule has 3 atom stereocenters. The second kappa shape index (κ2) is 8.39. The SMILES string of the molecule is CCS(=O)C1CCCC(NC(=O)c2cccc(N)c2)C1.Cl. The molecule has 0 radical (unpaired) electrons. The smallest absolute Gasteiger partial charge is 0.251 e. The molecule has 118 valence electrons. The van der Waals surface area contributed by atoms with Crippen LogP contribution in [0.2, 0.25) is 0 Å². The van der Waals surface area contributed by atoms with E-state index in [1.807, 2.05) is 6.92 Å². The molecule has 0 aromatic heterocycles. The van der Waals surface area contributed by atoms with Crippen LogP contribution in [-0.2, 0) is 10.8 Å². The van der Waals surface area contributed by atoms with Crippen molar-refractivity contribution in [3.63, 3.8) is 0 Å². The number of amides is 1. The third-order valence-electron chi connectivity index (χ3n) is 3.77. The molecule has 2 rings (SSSR count). The zero-order chi connectivity index (χ0) is 14.5. The standard InChI is InChI=1S/C15H22N2O2S.ClH/c1-2-20(19)14-8-4-7-13(10-14)17-15(18)11-5-3-6-12(16)9-11;/h3,5-6,9,13-14H,2,4,7-8,10,16H2,1H3,(H,17,18);1H. The van der Waals surface area contributed by atoms with Gasteiger partial charge in [-0.1, -0.05) is 19.4 Å². The van der Waals surface area contributed by atoms with E-state index in [4.69, 9.17) is 5.73 Å². The summed E-state index contributed by atoms with van der Waals surface area (Å²) in [6, 6.07) is 7.10. The van der Waals surface area contributed by atoms with Gasteiger partial charge < -0.3 is 11.1 Å². The lowest BCUT2D eigenvalue weighted by molar-refractivity contribution is 0.0928. The van der Waals surface area contributed by atoms with Crippen LogP contribution in [0, 0.1) is 0 Å². The van der Waals surface area contributed by atoms with E-state index in [2.05, 4.69) is 5.32 Å². The van der Waals surface area contributed by atoms with Gasteiger partial charge in [-0.15, -0.1) is 12.4 Å². The van der Waals surface area contributed by atoms with Crippen LogP contribution in [0.1, 0.15) is 43.0 Å². The van der Waals surface area contributed by atoms with Crippen LogP contribution < -0.4 is 11.1 Å². The molecular weight excluding hydrogens is 308 g/mol. The first-order chi connectivity index (χ1) is 9.60. The van der Waals surface area contributed by atoms with E-state index in [-0.39, 0.29) is 29.6 Å². The molecule has 0 bridgehead atoms. The van der Waals surface area contributed by atoms with E-state index in [0.29, 0.717) is 17.0 Å². The van der Waals surface area contributed by atoms with E-state index in [1.54, 1.807) is 24.3 Å². The summed E-state index contributed by atoms with van der Waals surface area (Å²) in [7, 11) is -0.768. The van der Waals surface area contributed by atoms with Crippen LogP contribution in [-0.4, -0.2) is 27.2 Å². The molecule has 1 aromatic rings. The van der Waals surface area contributed by atoms with Gasteiger partial charge in [-0.2, -0.15) is 0 Å². The number of nitrogens with one attached hydrogen (secondary N) is 1. The third kappa shape index (κ3) is 5.00. The number of nitrogen functional groups attached to an aromatic ring is 1. The molecule has 1 aliphatic carbocycles. The Morgan fingerprint density at radius 2 is 2.19 bits per heavy atom. The molecule has 0 spiro atoms. The lowest BCUT2D eigenvalue weighted by Gasteiger charge is -2.29. The Bertz CT molecular complexity index is 510. The first kappa shape index (κ1) is 18.0. The number of rotatable bonds is 4. The van der Waals surface area contributed by atoms with Crippen LogP contribution in [0.15, 0.2) is 24.3 Å². The number of hydrogen-bond donors (Lipinski definition) is 2. The number of benzene rings is 1. The summed E-state index contributed by atoms with van der Waals surface area (Å²) in [6.45, 7) is 1.95. The minimum absolute atomic E-state index is 0. The summed E-state index contributed by atoms with van der Waals surface area (Å²) in [5, 5.41) is 3.26. The van der Waals surface area contributed by atoms with Crippen molar-refractivity contribution in [3.8, 4) is 0 Å². The van der Waals surface area contributed by atoms with Crippen LogP contribution in [0.3, 0.4) is 0 Å². The zero-order valence-electron chi connectivity index (χ0n) is 12.2. The predicted molar refractivity (Wildman–Crippen MR) is 90.3 cm³/mol. The van der Waals surface area contributed by atoms with Crippen molar-refractivity contribution in [2.45, 2.75) is 43.9 Å². The van der Waals surface area contributed by atoms with E-state index < -0.39 is 10.8 Å². The second-order valence-corrected chi connectivity index (χ2v) is 7.26. The highest BCUT2D eigenvalue weighted by Crippen LogP contribution is 2.23. The fraction of sp³-hybridized carbons (Fsp3) is 0.533. The average molecular weight is 331 g/mol. The quantitative estimate of drug-likeness (QED) is 0.833. The Kier molecular flexibility index (Phi) is 7.18. The highest BCUT2D eigenvalue weighted by Gasteiger charge is 2.26. The Labute approximate surface area is 134 Å². The molecule has 1 fully saturated rings. The normalized spacial score (nSPS) is 22.9. The van der Waals surface area contributed by atoms with E-state index in [1.165, 1.54) is 0 Å². The van der Waals surface area contributed by atoms with Gasteiger partial charge in [0.05, 0.1) is 0 Å². The maximum Gasteiger partial charge on any atom is 0.251 e. The van der Waals surface area contributed by atoms with Gasteiger partial charge in [-0.05, 0) is 37.5 Å². The van der Waals surface area contributed by atoms with Gasteiger partial charge in [0.25, 0.3) is 5.91 Å². The van der Waals surface area contributed by atoms with Gasteiger partial charge >= 0.3 is 0 Å². The van der Waals surface area contributed by atoms with Crippen molar-refractivity contribution in [1.29, 1.82) is 0 Å². The number of nitrogens with two attached hydrogens (primary N) is 1. The van der Waals surface area contributed by atoms with E-state index in [9.17, 15) is 9.00 Å². The lowest BCUT2D eigenvalue weighted by atomic mass is 9.94. The van der Waals surface area contributed by atoms with Crippen molar-refractivity contribution < 1.29 is 9.00 Å². The number of carbonyl (C=O) groups excluding carboxylic acids is 1. The summed E-state index contributed by atoms with van der Waals surface area (Å²) >= 11 is 0. The molecule has 0 heterocycles. The largest absolute Gasteiger partial charge is 0.399 e. The maximum absolute atomic E-state index is 12.2. The maximum atomic E-state index is 12.2. The fourth-order valence-electron chi connectivity index (χ4n) is 2.70. The van der Waals surface area contributed by atoms with Crippen LogP contribution in [0.5, 0.6) is 0 Å². The first-order valence-electron chi connectivity index (χ1n) is 7.13. The van der Waals surface area contributed by atoms with Crippen molar-refractivity contribution >= 4 is 34.8 Å². The highest BCUT2D eigenvalue weighted by molar-refractivity contribution is 7.85. The molecule has 3 N–H and O–H groups in total. The van der Waals surface area contributed by atoms with Crippen molar-refractivity contribution in [1.82, 2.24) is 5.32 Å². The fourth-order valence-corrected chi connectivity index (χ4v) is 4.05. The number of halogens is 1. The third-order valence-corrected chi connectivity index (χ3v) is 5.51. The van der Waals surface area contributed by atoms with Crippen LogP contribution >= 0.6 is 12.4 Å². The van der Waals surface area contributed by atoms with Gasteiger partial charge in [0.2, 0.25) is 0 Å². The summed E-state index contributed by atoms with van der Waals surface area (Å²) in [4.78, 5) is 12.2. The molecule has 1 amide bonds. The summed E-state index contributed by atoms with van der Waals surface area (Å²) in [5.41, 5.74) is 6.87. The Balaban J connectivity index is 0.00000220. The zero-order valence-corrected chi connectivity index (χ0v) is 13.8. The van der Waals surface area contributed by atoms with Gasteiger partial charge in [0.15, 0.2) is 0 Å². The molecule has 4 nitrogen and oxygen atoms in total. The second-order valence-electron chi connectivity index (χ2n) is 5.25. The van der Waals surface area contributed by atoms with Gasteiger partial charge in [-0.3, -0.25) is 9.00 Å². The van der Waals surface area contributed by atoms with E-state index >= 15 is 0 Å². The number of hydrogen-bond acceptors (Lipinski definition) is 3. The molecule has 1 saturated carbocycles. The minimum atomic E-state index is -0.768.